The third kappa shape index (κ3) is 11.1. The van der Waals surface area contributed by atoms with E-state index >= 15 is 0 Å². The van der Waals surface area contributed by atoms with Crippen molar-refractivity contribution in [1.82, 2.24) is 26.3 Å². The lowest BCUT2D eigenvalue weighted by Gasteiger charge is -2.29. The van der Waals surface area contributed by atoms with Gasteiger partial charge in [-0.05, 0) is 54.5 Å². The van der Waals surface area contributed by atoms with Crippen LogP contribution in [0, 0.1) is 5.92 Å². The predicted octanol–water partition coefficient (Wildman–Crippen LogP) is 3.57. The molecular weight excluding hydrogens is 580 g/mol. The molecule has 10 heteroatoms. The molecule has 0 aliphatic carbocycles. The first-order valence-corrected chi connectivity index (χ1v) is 16.2. The van der Waals surface area contributed by atoms with E-state index < -0.39 is 36.0 Å². The topological polar surface area (TPSA) is 155 Å². The number of aromatic nitrogens is 1. The average Bonchev–Trinajstić information content (AvgIpc) is 3.09. The lowest BCUT2D eigenvalue weighted by atomic mass is 9.96. The number of carbonyl (C=O) groups excluding carboxylic acids is 4. The monoisotopic (exact) mass is 628 g/mol. The van der Waals surface area contributed by atoms with Gasteiger partial charge in [0.05, 0.1) is 6.04 Å². The van der Waals surface area contributed by atoms with Gasteiger partial charge in [0.15, 0.2) is 0 Å². The van der Waals surface area contributed by atoms with E-state index in [2.05, 4.69) is 26.3 Å². The number of rotatable bonds is 18. The molecule has 0 saturated heterocycles. The number of hydrogen-bond acceptors (Lipinski definition) is 6. The molecule has 3 rings (SSSR count). The van der Waals surface area contributed by atoms with Crippen molar-refractivity contribution in [2.45, 2.75) is 83.5 Å². The first-order valence-electron chi connectivity index (χ1n) is 16.2. The number of nitrogens with one attached hydrogen (secondary N) is 4. The average molecular weight is 629 g/mol. The SMILES string of the molecule is CCC(=O)N[C@@H](Cc1cccnc1)C(=O)N[C@H](C(=O)N[C@@H](CCCCN)C(=O)NC(c1ccccc1)c1ccccc1)[C@@H](C)CC. The summed E-state index contributed by atoms with van der Waals surface area (Å²) < 4.78 is 0. The van der Waals surface area contributed by atoms with E-state index in [1.54, 1.807) is 25.4 Å². The highest BCUT2D eigenvalue weighted by atomic mass is 16.2. The van der Waals surface area contributed by atoms with Crippen LogP contribution in [0.2, 0.25) is 0 Å². The molecule has 1 heterocycles. The number of carbonyl (C=O) groups is 4. The minimum Gasteiger partial charge on any atom is -0.344 e. The van der Waals surface area contributed by atoms with Crippen LogP contribution in [0.3, 0.4) is 0 Å². The Labute approximate surface area is 272 Å². The Bertz CT molecular complexity index is 1330. The second kappa shape index (κ2) is 19.1. The number of hydrogen-bond donors (Lipinski definition) is 5. The van der Waals surface area contributed by atoms with Gasteiger partial charge in [-0.15, -0.1) is 0 Å². The molecule has 2 aromatic carbocycles. The van der Waals surface area contributed by atoms with Crippen molar-refractivity contribution in [3.63, 3.8) is 0 Å². The molecule has 0 bridgehead atoms. The second-order valence-corrected chi connectivity index (χ2v) is 11.5. The third-order valence-electron chi connectivity index (χ3n) is 8.06. The molecule has 0 fully saturated rings. The zero-order chi connectivity index (χ0) is 33.3. The van der Waals surface area contributed by atoms with Crippen molar-refractivity contribution >= 4 is 23.6 Å². The van der Waals surface area contributed by atoms with Crippen LogP contribution < -0.4 is 27.0 Å². The molecule has 0 aliphatic rings. The summed E-state index contributed by atoms with van der Waals surface area (Å²) in [5.41, 5.74) is 8.33. The van der Waals surface area contributed by atoms with Gasteiger partial charge in [0.25, 0.3) is 0 Å². The molecule has 4 atom stereocenters. The lowest BCUT2D eigenvalue weighted by molar-refractivity contribution is -0.134. The molecular formula is C36H48N6O4. The summed E-state index contributed by atoms with van der Waals surface area (Å²) in [5, 5.41) is 11.8. The summed E-state index contributed by atoms with van der Waals surface area (Å²) in [6.07, 6.45) is 5.99. The molecule has 6 N–H and O–H groups in total. The van der Waals surface area contributed by atoms with Gasteiger partial charge in [-0.3, -0.25) is 24.2 Å². The van der Waals surface area contributed by atoms with Crippen LogP contribution >= 0.6 is 0 Å². The predicted molar refractivity (Wildman–Crippen MR) is 179 cm³/mol. The number of benzene rings is 2. The van der Waals surface area contributed by atoms with Crippen LogP contribution in [0.4, 0.5) is 0 Å². The first-order chi connectivity index (χ1) is 22.3. The van der Waals surface area contributed by atoms with Gasteiger partial charge in [0, 0.05) is 25.2 Å². The van der Waals surface area contributed by atoms with Crippen molar-refractivity contribution in [3.8, 4) is 0 Å². The molecule has 0 saturated carbocycles. The van der Waals surface area contributed by atoms with Gasteiger partial charge >= 0.3 is 0 Å². The summed E-state index contributed by atoms with van der Waals surface area (Å²) in [7, 11) is 0. The summed E-state index contributed by atoms with van der Waals surface area (Å²) in [5.74, 6) is -1.81. The van der Waals surface area contributed by atoms with Crippen LogP contribution in [0.15, 0.2) is 85.2 Å². The Kier molecular flexibility index (Phi) is 14.9. The Hall–Kier alpha value is -4.57. The van der Waals surface area contributed by atoms with Gasteiger partial charge in [0.2, 0.25) is 23.6 Å². The summed E-state index contributed by atoms with van der Waals surface area (Å²) >= 11 is 0. The maximum Gasteiger partial charge on any atom is 0.243 e. The number of pyridine rings is 1. The summed E-state index contributed by atoms with van der Waals surface area (Å²) in [4.78, 5) is 57.8. The van der Waals surface area contributed by atoms with Crippen molar-refractivity contribution in [2.24, 2.45) is 11.7 Å². The van der Waals surface area contributed by atoms with Gasteiger partial charge in [-0.2, -0.15) is 0 Å². The molecule has 46 heavy (non-hydrogen) atoms. The smallest absolute Gasteiger partial charge is 0.243 e. The lowest BCUT2D eigenvalue weighted by Crippen LogP contribution is -2.59. The van der Waals surface area contributed by atoms with Crippen LogP contribution in [0.5, 0.6) is 0 Å². The van der Waals surface area contributed by atoms with Crippen molar-refractivity contribution < 1.29 is 19.2 Å². The molecule has 10 nitrogen and oxygen atoms in total. The first kappa shape index (κ1) is 35.9. The normalized spacial score (nSPS) is 13.6. The van der Waals surface area contributed by atoms with Crippen molar-refractivity contribution in [1.29, 1.82) is 0 Å². The fourth-order valence-electron chi connectivity index (χ4n) is 5.13. The zero-order valence-corrected chi connectivity index (χ0v) is 27.1. The van der Waals surface area contributed by atoms with Crippen molar-refractivity contribution in [2.75, 3.05) is 6.54 Å². The molecule has 1 aromatic heterocycles. The molecule has 0 aliphatic heterocycles. The van der Waals surface area contributed by atoms with Gasteiger partial charge in [-0.25, -0.2) is 0 Å². The number of nitrogens with zero attached hydrogens (tertiary/aromatic N) is 1. The fourth-order valence-corrected chi connectivity index (χ4v) is 5.13. The minimum absolute atomic E-state index is 0.207. The maximum atomic E-state index is 13.9. The van der Waals surface area contributed by atoms with E-state index in [9.17, 15) is 19.2 Å². The highest BCUT2D eigenvalue weighted by Crippen LogP contribution is 2.22. The summed E-state index contributed by atoms with van der Waals surface area (Å²) in [6.45, 7) is 5.97. The van der Waals surface area contributed by atoms with E-state index in [4.69, 9.17) is 5.73 Å². The number of unbranched alkanes of at least 4 members (excludes halogenated alkanes) is 1. The number of nitrogens with two attached hydrogens (primary N) is 1. The largest absolute Gasteiger partial charge is 0.344 e. The van der Waals surface area contributed by atoms with Crippen molar-refractivity contribution in [3.05, 3.63) is 102 Å². The van der Waals surface area contributed by atoms with Gasteiger partial charge in [-0.1, -0.05) is 93.9 Å². The third-order valence-corrected chi connectivity index (χ3v) is 8.06. The molecule has 0 radical (unpaired) electrons. The van der Waals surface area contributed by atoms with Crippen LogP contribution in [0.25, 0.3) is 0 Å². The molecule has 0 spiro atoms. The van der Waals surface area contributed by atoms with E-state index in [0.717, 1.165) is 16.7 Å². The standard InChI is InChI=1S/C36H48N6O4/c1-4-25(3)32(41-35(45)30(39-31(43)5-2)23-26-15-14-22-38-24-26)36(46)40-29(20-12-13-21-37)34(44)42-33(27-16-8-6-9-17-27)28-18-10-7-11-19-28/h6-11,14-19,22,24-25,29-30,32-33H,4-5,12-13,20-21,23,37H2,1-3H3,(H,39,43)(H,40,46)(H,41,45)(H,42,44)/t25-,29-,30-,32-/m0/s1. The fraction of sp³-hybridized carbons (Fsp3) is 0.417. The van der Waals surface area contributed by atoms with E-state index in [-0.39, 0.29) is 30.6 Å². The van der Waals surface area contributed by atoms with Crippen LogP contribution in [0.1, 0.15) is 75.6 Å². The zero-order valence-electron chi connectivity index (χ0n) is 27.1. The minimum atomic E-state index is -0.934. The number of amides is 4. The Morgan fingerprint density at radius 3 is 1.91 bits per heavy atom. The van der Waals surface area contributed by atoms with Crippen LogP contribution in [-0.4, -0.2) is 53.3 Å². The maximum absolute atomic E-state index is 13.9. The van der Waals surface area contributed by atoms with E-state index in [1.807, 2.05) is 80.6 Å². The molecule has 3 aromatic rings. The Morgan fingerprint density at radius 1 is 0.739 bits per heavy atom. The van der Waals surface area contributed by atoms with Crippen LogP contribution in [-0.2, 0) is 25.6 Å². The quantitative estimate of drug-likeness (QED) is 0.136. The molecule has 246 valence electrons. The van der Waals surface area contributed by atoms with Gasteiger partial charge in [0.1, 0.15) is 18.1 Å². The summed E-state index contributed by atoms with van der Waals surface area (Å²) in [6, 6.07) is 19.8. The van der Waals surface area contributed by atoms with E-state index in [0.29, 0.717) is 32.2 Å². The van der Waals surface area contributed by atoms with Gasteiger partial charge < -0.3 is 27.0 Å². The van der Waals surface area contributed by atoms with E-state index in [1.165, 1.54) is 0 Å². The Balaban J connectivity index is 1.83. The molecule has 0 unspecified atom stereocenters. The highest BCUT2D eigenvalue weighted by molar-refractivity contribution is 5.94. The highest BCUT2D eigenvalue weighted by Gasteiger charge is 2.33. The molecule has 4 amide bonds. The second-order valence-electron chi connectivity index (χ2n) is 11.5. The Morgan fingerprint density at radius 2 is 1.37 bits per heavy atom.